The van der Waals surface area contributed by atoms with Gasteiger partial charge in [0.05, 0.1) is 0 Å². The SMILES string of the molecule is CN1CCC(Oc2cccc(Cl)c2)c2ccc(N3C=CC=CC3)cc2C1. The van der Waals surface area contributed by atoms with Gasteiger partial charge in [0.1, 0.15) is 11.9 Å². The Kier molecular flexibility index (Phi) is 5.00. The second-order valence-corrected chi connectivity index (χ2v) is 7.33. The van der Waals surface area contributed by atoms with Crippen molar-refractivity contribution in [3.8, 4) is 5.75 Å². The van der Waals surface area contributed by atoms with Crippen molar-refractivity contribution in [2.45, 2.75) is 19.1 Å². The number of ether oxygens (including phenoxy) is 1. The summed E-state index contributed by atoms with van der Waals surface area (Å²) in [6.45, 7) is 2.85. The molecule has 0 spiro atoms. The van der Waals surface area contributed by atoms with Gasteiger partial charge in [-0.05, 0) is 54.6 Å². The summed E-state index contributed by atoms with van der Waals surface area (Å²) in [7, 11) is 2.17. The second kappa shape index (κ2) is 7.56. The van der Waals surface area contributed by atoms with Gasteiger partial charge in [0, 0.05) is 43.0 Å². The first-order valence-electron chi connectivity index (χ1n) is 9.02. The molecule has 0 saturated carbocycles. The predicted octanol–water partition coefficient (Wildman–Crippen LogP) is 5.19. The molecule has 2 aliphatic rings. The van der Waals surface area contributed by atoms with Gasteiger partial charge in [-0.2, -0.15) is 0 Å². The summed E-state index contributed by atoms with van der Waals surface area (Å²) in [5, 5.41) is 0.703. The van der Waals surface area contributed by atoms with E-state index in [-0.39, 0.29) is 6.10 Å². The van der Waals surface area contributed by atoms with Crippen molar-refractivity contribution < 1.29 is 4.74 Å². The molecule has 26 heavy (non-hydrogen) atoms. The third kappa shape index (κ3) is 3.79. The van der Waals surface area contributed by atoms with Gasteiger partial charge in [0.2, 0.25) is 0 Å². The monoisotopic (exact) mass is 366 g/mol. The lowest BCUT2D eigenvalue weighted by Gasteiger charge is -2.24. The Balaban J connectivity index is 1.64. The average Bonchev–Trinajstić information content (AvgIpc) is 2.81. The van der Waals surface area contributed by atoms with Crippen molar-refractivity contribution in [3.63, 3.8) is 0 Å². The normalized spacial score (nSPS) is 19.9. The third-order valence-corrected chi connectivity index (χ3v) is 5.14. The summed E-state index contributed by atoms with van der Waals surface area (Å²) in [5.74, 6) is 0.825. The Hall–Kier alpha value is -2.23. The van der Waals surface area contributed by atoms with Crippen LogP contribution in [0.15, 0.2) is 66.9 Å². The zero-order valence-corrected chi connectivity index (χ0v) is 15.7. The fraction of sp³-hybridized carbons (Fsp3) is 0.273. The summed E-state index contributed by atoms with van der Waals surface area (Å²) < 4.78 is 6.33. The van der Waals surface area contributed by atoms with Crippen LogP contribution < -0.4 is 9.64 Å². The number of benzene rings is 2. The van der Waals surface area contributed by atoms with Crippen molar-refractivity contribution in [1.29, 1.82) is 0 Å². The average molecular weight is 367 g/mol. The van der Waals surface area contributed by atoms with Crippen molar-refractivity contribution in [3.05, 3.63) is 83.0 Å². The first kappa shape index (κ1) is 17.2. The molecule has 2 aliphatic heterocycles. The number of anilines is 1. The fourth-order valence-corrected chi connectivity index (χ4v) is 3.75. The van der Waals surface area contributed by atoms with Crippen molar-refractivity contribution in [2.24, 2.45) is 0 Å². The maximum atomic E-state index is 6.33. The molecule has 2 heterocycles. The molecule has 2 aromatic carbocycles. The second-order valence-electron chi connectivity index (χ2n) is 6.90. The van der Waals surface area contributed by atoms with Gasteiger partial charge in [0.15, 0.2) is 0 Å². The van der Waals surface area contributed by atoms with E-state index >= 15 is 0 Å². The standard InChI is InChI=1S/C22H23ClN2O/c1-24-13-10-22(26-20-7-5-6-18(23)15-20)21-9-8-19(14-17(21)16-24)25-11-3-2-4-12-25/h2-9,11,14-15,22H,10,12-13,16H2,1H3. The van der Waals surface area contributed by atoms with E-state index in [1.54, 1.807) is 0 Å². The largest absolute Gasteiger partial charge is 0.486 e. The highest BCUT2D eigenvalue weighted by Crippen LogP contribution is 2.34. The molecule has 0 amide bonds. The van der Waals surface area contributed by atoms with Crippen LogP contribution in [0.3, 0.4) is 0 Å². The van der Waals surface area contributed by atoms with E-state index in [0.29, 0.717) is 5.02 Å². The van der Waals surface area contributed by atoms with E-state index < -0.39 is 0 Å². The van der Waals surface area contributed by atoms with Crippen LogP contribution in [-0.2, 0) is 6.54 Å². The van der Waals surface area contributed by atoms with Crippen LogP contribution in [0.5, 0.6) is 5.75 Å². The lowest BCUT2D eigenvalue weighted by molar-refractivity contribution is 0.182. The minimum atomic E-state index is 0.0410. The minimum Gasteiger partial charge on any atom is -0.486 e. The molecule has 4 rings (SSSR count). The Labute approximate surface area is 160 Å². The topological polar surface area (TPSA) is 15.7 Å². The Bertz CT molecular complexity index is 846. The molecule has 0 aliphatic carbocycles. The molecule has 4 heteroatoms. The van der Waals surface area contributed by atoms with Crippen LogP contribution >= 0.6 is 11.6 Å². The van der Waals surface area contributed by atoms with Crippen molar-refractivity contribution in [2.75, 3.05) is 25.0 Å². The van der Waals surface area contributed by atoms with Crippen LogP contribution in [0.1, 0.15) is 23.7 Å². The van der Waals surface area contributed by atoms with Crippen LogP contribution in [0, 0.1) is 0 Å². The van der Waals surface area contributed by atoms with E-state index in [1.165, 1.54) is 16.8 Å². The van der Waals surface area contributed by atoms with E-state index in [4.69, 9.17) is 16.3 Å². The van der Waals surface area contributed by atoms with Gasteiger partial charge < -0.3 is 14.5 Å². The maximum absolute atomic E-state index is 6.33. The Morgan fingerprint density at radius 2 is 2.04 bits per heavy atom. The molecule has 134 valence electrons. The van der Waals surface area contributed by atoms with E-state index in [1.807, 2.05) is 24.3 Å². The summed E-state index contributed by atoms with van der Waals surface area (Å²) in [5.41, 5.74) is 3.83. The Morgan fingerprint density at radius 3 is 2.85 bits per heavy atom. The summed E-state index contributed by atoms with van der Waals surface area (Å²) >= 11 is 6.12. The van der Waals surface area contributed by atoms with Crippen LogP contribution in [0.2, 0.25) is 5.02 Å². The smallest absolute Gasteiger partial charge is 0.125 e. The summed E-state index contributed by atoms with van der Waals surface area (Å²) in [4.78, 5) is 4.62. The molecule has 0 fully saturated rings. The number of rotatable bonds is 3. The quantitative estimate of drug-likeness (QED) is 0.743. The highest BCUT2D eigenvalue weighted by molar-refractivity contribution is 6.30. The zero-order valence-electron chi connectivity index (χ0n) is 14.9. The molecule has 0 saturated heterocycles. The number of halogens is 1. The molecule has 3 nitrogen and oxygen atoms in total. The van der Waals surface area contributed by atoms with Crippen molar-refractivity contribution >= 4 is 17.3 Å². The molecule has 0 N–H and O–H groups in total. The van der Waals surface area contributed by atoms with Crippen LogP contribution in [0.25, 0.3) is 0 Å². The lowest BCUT2D eigenvalue weighted by Crippen LogP contribution is -2.19. The molecule has 2 aromatic rings. The van der Waals surface area contributed by atoms with Crippen LogP contribution in [-0.4, -0.2) is 25.0 Å². The number of fused-ring (bicyclic) bond motifs is 1. The van der Waals surface area contributed by atoms with E-state index in [0.717, 1.165) is 31.8 Å². The van der Waals surface area contributed by atoms with Crippen molar-refractivity contribution in [1.82, 2.24) is 4.90 Å². The first-order chi connectivity index (χ1) is 12.7. The highest BCUT2D eigenvalue weighted by atomic mass is 35.5. The molecule has 1 atom stereocenters. The molecule has 0 bridgehead atoms. The number of allylic oxidation sites excluding steroid dienone is 2. The molecular formula is C22H23ClN2O. The molecular weight excluding hydrogens is 344 g/mol. The minimum absolute atomic E-state index is 0.0410. The molecule has 0 radical (unpaired) electrons. The van der Waals surface area contributed by atoms with E-state index in [2.05, 4.69) is 59.5 Å². The third-order valence-electron chi connectivity index (χ3n) is 4.91. The molecule has 0 aromatic heterocycles. The first-order valence-corrected chi connectivity index (χ1v) is 9.40. The maximum Gasteiger partial charge on any atom is 0.125 e. The number of hydrogen-bond acceptors (Lipinski definition) is 3. The van der Waals surface area contributed by atoms with Crippen LogP contribution in [0.4, 0.5) is 5.69 Å². The molecule has 1 unspecified atom stereocenters. The van der Waals surface area contributed by atoms with Gasteiger partial charge in [-0.15, -0.1) is 0 Å². The number of nitrogens with zero attached hydrogens (tertiary/aromatic N) is 2. The lowest BCUT2D eigenvalue weighted by atomic mass is 10.00. The zero-order chi connectivity index (χ0) is 17.9. The predicted molar refractivity (Wildman–Crippen MR) is 108 cm³/mol. The highest BCUT2D eigenvalue weighted by Gasteiger charge is 2.23. The van der Waals surface area contributed by atoms with Gasteiger partial charge in [-0.25, -0.2) is 0 Å². The Morgan fingerprint density at radius 1 is 1.12 bits per heavy atom. The summed E-state index contributed by atoms with van der Waals surface area (Å²) in [6.07, 6.45) is 9.46. The van der Waals surface area contributed by atoms with E-state index in [9.17, 15) is 0 Å². The fourth-order valence-electron chi connectivity index (χ4n) is 3.57. The van der Waals surface area contributed by atoms with Gasteiger partial charge >= 0.3 is 0 Å². The van der Waals surface area contributed by atoms with Gasteiger partial charge in [-0.1, -0.05) is 35.9 Å². The summed E-state index contributed by atoms with van der Waals surface area (Å²) in [6, 6.07) is 14.4. The number of hydrogen-bond donors (Lipinski definition) is 0. The van der Waals surface area contributed by atoms with Gasteiger partial charge in [-0.3, -0.25) is 0 Å². The van der Waals surface area contributed by atoms with Gasteiger partial charge in [0.25, 0.3) is 0 Å².